The van der Waals surface area contributed by atoms with Crippen LogP contribution >= 0.6 is 0 Å². The molecule has 0 saturated carbocycles. The average Bonchev–Trinajstić information content (AvgIpc) is 3.15. The molecule has 1 aromatic heterocycles. The maximum atomic E-state index is 13.4. The van der Waals surface area contributed by atoms with Gasteiger partial charge in [-0.2, -0.15) is 5.26 Å². The van der Waals surface area contributed by atoms with E-state index in [4.69, 9.17) is 9.84 Å². The lowest BCUT2D eigenvalue weighted by molar-refractivity contribution is 0.103. The summed E-state index contributed by atoms with van der Waals surface area (Å²) in [6.07, 6.45) is -0.978. The van der Waals surface area contributed by atoms with Crippen LogP contribution in [0.4, 0.5) is 4.79 Å². The topological polar surface area (TPSA) is 106 Å². The number of hydrogen-bond donors (Lipinski definition) is 2. The molecule has 3 aromatic rings. The number of carbonyl (C=O) groups is 2. The molecule has 0 bridgehead atoms. The summed E-state index contributed by atoms with van der Waals surface area (Å²) < 4.78 is 5.80. The number of nitriles is 1. The highest BCUT2D eigenvalue weighted by molar-refractivity contribution is 6.20. The van der Waals surface area contributed by atoms with Gasteiger partial charge in [0.2, 0.25) is 0 Å². The smallest absolute Gasteiger partial charge is 0.407 e. The van der Waals surface area contributed by atoms with Crippen LogP contribution in [0.15, 0.2) is 36.4 Å². The molecule has 2 aromatic carbocycles. The van der Waals surface area contributed by atoms with Crippen molar-refractivity contribution in [3.8, 4) is 11.8 Å². The molecule has 1 aliphatic carbocycles. The first-order chi connectivity index (χ1) is 14.8. The van der Waals surface area contributed by atoms with Crippen LogP contribution in [-0.2, 0) is 5.41 Å². The monoisotopic (exact) mass is 417 g/mol. The van der Waals surface area contributed by atoms with Gasteiger partial charge in [-0.05, 0) is 42.8 Å². The van der Waals surface area contributed by atoms with E-state index in [1.54, 1.807) is 31.2 Å². The minimum atomic E-state index is -0.978. The van der Waals surface area contributed by atoms with Crippen molar-refractivity contribution in [1.82, 2.24) is 9.88 Å². The Morgan fingerprint density at radius 2 is 2.03 bits per heavy atom. The van der Waals surface area contributed by atoms with Crippen LogP contribution in [0.5, 0.6) is 5.75 Å². The largest absolute Gasteiger partial charge is 0.492 e. The molecule has 7 nitrogen and oxygen atoms in total. The van der Waals surface area contributed by atoms with Gasteiger partial charge in [-0.1, -0.05) is 19.9 Å². The SMILES string of the molecule is CCN(CCOc1ccc2c(c1)C(C)(C)c1[nH]c3cc(C#N)ccc3c1C2=O)C(=O)O. The fourth-order valence-corrected chi connectivity index (χ4v) is 4.23. The van der Waals surface area contributed by atoms with Crippen LogP contribution in [0.1, 0.15) is 53.5 Å². The number of carboxylic acid groups (broad SMARTS) is 1. The number of ether oxygens (including phenoxy) is 1. The van der Waals surface area contributed by atoms with Gasteiger partial charge in [-0.3, -0.25) is 4.79 Å². The number of rotatable bonds is 5. The van der Waals surface area contributed by atoms with Crippen LogP contribution in [0.25, 0.3) is 10.9 Å². The van der Waals surface area contributed by atoms with Crippen molar-refractivity contribution in [2.24, 2.45) is 0 Å². The van der Waals surface area contributed by atoms with Crippen LogP contribution in [-0.4, -0.2) is 46.6 Å². The van der Waals surface area contributed by atoms with Crippen LogP contribution < -0.4 is 4.74 Å². The molecule has 0 atom stereocenters. The Kier molecular flexibility index (Phi) is 4.94. The number of amides is 1. The molecular formula is C24H23N3O4. The zero-order chi connectivity index (χ0) is 22.3. The van der Waals surface area contributed by atoms with Gasteiger partial charge in [0, 0.05) is 34.1 Å². The molecule has 0 fully saturated rings. The summed E-state index contributed by atoms with van der Waals surface area (Å²) in [7, 11) is 0. The predicted octanol–water partition coefficient (Wildman–Crippen LogP) is 4.29. The molecular weight excluding hydrogens is 394 g/mol. The number of nitrogens with zero attached hydrogens (tertiary/aromatic N) is 2. The van der Waals surface area contributed by atoms with E-state index in [0.29, 0.717) is 29.0 Å². The second-order valence-electron chi connectivity index (χ2n) is 8.12. The molecule has 7 heteroatoms. The fourth-order valence-electron chi connectivity index (χ4n) is 4.23. The average molecular weight is 417 g/mol. The van der Waals surface area contributed by atoms with E-state index < -0.39 is 11.5 Å². The summed E-state index contributed by atoms with van der Waals surface area (Å²) in [4.78, 5) is 29.1. The molecule has 1 amide bonds. The Morgan fingerprint density at radius 3 is 2.71 bits per heavy atom. The van der Waals surface area contributed by atoms with E-state index in [0.717, 1.165) is 22.2 Å². The number of ketones is 1. The van der Waals surface area contributed by atoms with Crippen molar-refractivity contribution in [3.05, 3.63) is 64.3 Å². The number of H-pyrrole nitrogens is 1. The number of aromatic nitrogens is 1. The highest BCUT2D eigenvalue weighted by atomic mass is 16.5. The van der Waals surface area contributed by atoms with Gasteiger partial charge in [-0.25, -0.2) is 4.79 Å². The van der Waals surface area contributed by atoms with Gasteiger partial charge < -0.3 is 19.7 Å². The van der Waals surface area contributed by atoms with Crippen molar-refractivity contribution in [1.29, 1.82) is 5.26 Å². The summed E-state index contributed by atoms with van der Waals surface area (Å²) in [5, 5.41) is 19.1. The number of nitrogens with one attached hydrogen (secondary N) is 1. The summed E-state index contributed by atoms with van der Waals surface area (Å²) >= 11 is 0. The van der Waals surface area contributed by atoms with E-state index in [9.17, 15) is 14.9 Å². The van der Waals surface area contributed by atoms with Crippen molar-refractivity contribution in [3.63, 3.8) is 0 Å². The normalized spacial score (nSPS) is 13.9. The lowest BCUT2D eigenvalue weighted by Gasteiger charge is -2.32. The zero-order valence-electron chi connectivity index (χ0n) is 17.7. The van der Waals surface area contributed by atoms with Crippen molar-refractivity contribution >= 4 is 22.8 Å². The van der Waals surface area contributed by atoms with Gasteiger partial charge in [-0.15, -0.1) is 0 Å². The van der Waals surface area contributed by atoms with Crippen LogP contribution in [0.3, 0.4) is 0 Å². The molecule has 0 saturated heterocycles. The number of carbonyl (C=O) groups excluding carboxylic acids is 1. The molecule has 2 N–H and O–H groups in total. The number of likely N-dealkylation sites (N-methyl/N-ethyl adjacent to an activating group) is 1. The van der Waals surface area contributed by atoms with E-state index in [1.807, 2.05) is 26.0 Å². The Bertz CT molecular complexity index is 1250. The molecule has 0 unspecified atom stereocenters. The Labute approximate surface area is 179 Å². The molecule has 4 rings (SSSR count). The molecule has 1 heterocycles. The Hall–Kier alpha value is -3.79. The fraction of sp³-hybridized carbons (Fsp3) is 0.292. The molecule has 0 radical (unpaired) electrons. The first-order valence-corrected chi connectivity index (χ1v) is 10.1. The van der Waals surface area contributed by atoms with Gasteiger partial charge >= 0.3 is 6.09 Å². The molecule has 0 aliphatic heterocycles. The van der Waals surface area contributed by atoms with E-state index >= 15 is 0 Å². The maximum absolute atomic E-state index is 13.4. The molecule has 158 valence electrons. The predicted molar refractivity (Wildman–Crippen MR) is 116 cm³/mol. The lowest BCUT2D eigenvalue weighted by Crippen LogP contribution is -2.33. The van der Waals surface area contributed by atoms with Gasteiger partial charge in [0.1, 0.15) is 12.4 Å². The third kappa shape index (κ3) is 3.30. The second kappa shape index (κ2) is 7.47. The molecule has 0 spiro atoms. The minimum absolute atomic E-state index is 0.0603. The van der Waals surface area contributed by atoms with Crippen molar-refractivity contribution < 1.29 is 19.4 Å². The Morgan fingerprint density at radius 1 is 1.26 bits per heavy atom. The summed E-state index contributed by atoms with van der Waals surface area (Å²) in [5.74, 6) is 0.530. The van der Waals surface area contributed by atoms with E-state index in [-0.39, 0.29) is 18.9 Å². The first-order valence-electron chi connectivity index (χ1n) is 10.1. The van der Waals surface area contributed by atoms with Gasteiger partial charge in [0.05, 0.1) is 23.7 Å². The zero-order valence-corrected chi connectivity index (χ0v) is 17.7. The van der Waals surface area contributed by atoms with E-state index in [2.05, 4.69) is 11.1 Å². The summed E-state index contributed by atoms with van der Waals surface area (Å²) in [5.41, 5.74) is 3.74. The lowest BCUT2D eigenvalue weighted by atomic mass is 9.71. The van der Waals surface area contributed by atoms with Gasteiger partial charge in [0.25, 0.3) is 0 Å². The number of fused-ring (bicyclic) bond motifs is 4. The quantitative estimate of drug-likeness (QED) is 0.644. The van der Waals surface area contributed by atoms with Crippen LogP contribution in [0.2, 0.25) is 0 Å². The third-order valence-corrected chi connectivity index (χ3v) is 5.97. The maximum Gasteiger partial charge on any atom is 0.407 e. The van der Waals surface area contributed by atoms with E-state index in [1.165, 1.54) is 4.90 Å². The van der Waals surface area contributed by atoms with Crippen molar-refractivity contribution in [2.45, 2.75) is 26.2 Å². The number of aromatic amines is 1. The number of benzene rings is 2. The minimum Gasteiger partial charge on any atom is -0.492 e. The molecule has 1 aliphatic rings. The first kappa shape index (κ1) is 20.5. The highest BCUT2D eigenvalue weighted by Crippen LogP contribution is 2.44. The standard InChI is InChI=1S/C24H23N3O4/c1-4-27(23(29)30)9-10-31-15-6-8-16-18(12-15)24(2,3)22-20(21(16)28)17-7-5-14(13-25)11-19(17)26-22/h5-8,11-12,26H,4,9-10H2,1-3H3,(H,29,30). The Balaban J connectivity index is 1.69. The number of hydrogen-bond acceptors (Lipinski definition) is 4. The summed E-state index contributed by atoms with van der Waals surface area (Å²) in [6.45, 7) is 6.75. The second-order valence-corrected chi connectivity index (χ2v) is 8.12. The third-order valence-electron chi connectivity index (χ3n) is 5.97. The molecule has 31 heavy (non-hydrogen) atoms. The highest BCUT2D eigenvalue weighted by Gasteiger charge is 2.39. The van der Waals surface area contributed by atoms with Crippen LogP contribution in [0, 0.1) is 11.3 Å². The summed E-state index contributed by atoms with van der Waals surface area (Å²) in [6, 6.07) is 12.8. The van der Waals surface area contributed by atoms with Gasteiger partial charge in [0.15, 0.2) is 5.78 Å². The van der Waals surface area contributed by atoms with Crippen molar-refractivity contribution in [2.75, 3.05) is 19.7 Å².